The fourth-order valence-electron chi connectivity index (χ4n) is 2.43. The second-order valence-electron chi connectivity index (χ2n) is 7.40. The zero-order valence-electron chi connectivity index (χ0n) is 16.1. The lowest BCUT2D eigenvalue weighted by Gasteiger charge is -2.35. The van der Waals surface area contributed by atoms with E-state index in [1.807, 2.05) is 37.3 Å². The van der Waals surface area contributed by atoms with Gasteiger partial charge in [-0.15, -0.1) is 0 Å². The first-order valence-electron chi connectivity index (χ1n) is 8.73. The van der Waals surface area contributed by atoms with Crippen molar-refractivity contribution in [2.24, 2.45) is 5.41 Å². The van der Waals surface area contributed by atoms with Crippen molar-refractivity contribution in [2.75, 3.05) is 13.7 Å². The highest BCUT2D eigenvalue weighted by Gasteiger charge is 2.28. The normalized spacial score (nSPS) is 12.5. The minimum absolute atomic E-state index is 0.0265. The molecule has 1 heterocycles. The van der Waals surface area contributed by atoms with Crippen LogP contribution in [0.3, 0.4) is 0 Å². The minimum Gasteiger partial charge on any atom is -0.492 e. The van der Waals surface area contributed by atoms with Gasteiger partial charge in [-0.3, -0.25) is 9.59 Å². The molecule has 0 spiro atoms. The molecule has 0 aliphatic rings. The standard InChI is InChI=1S/C20H27N3O3/c1-15(20(2,3)4)22(5)19(25)17-11-12-18(24)23(21-17)13-14-26-16-9-7-6-8-10-16/h6-12,15H,13-14H2,1-5H3/t15-/m1/s1. The molecule has 0 radical (unpaired) electrons. The molecule has 2 aromatic rings. The van der Waals surface area contributed by atoms with Crippen LogP contribution in [-0.2, 0) is 6.54 Å². The van der Waals surface area contributed by atoms with Gasteiger partial charge in [-0.25, -0.2) is 4.68 Å². The van der Waals surface area contributed by atoms with Crippen LogP contribution in [-0.4, -0.2) is 40.3 Å². The molecule has 0 saturated carbocycles. The van der Waals surface area contributed by atoms with Crippen molar-refractivity contribution in [1.29, 1.82) is 0 Å². The van der Waals surface area contributed by atoms with E-state index in [9.17, 15) is 9.59 Å². The van der Waals surface area contributed by atoms with Gasteiger partial charge in [0.15, 0.2) is 0 Å². The molecule has 140 valence electrons. The van der Waals surface area contributed by atoms with Crippen LogP contribution in [0.5, 0.6) is 5.75 Å². The highest BCUT2D eigenvalue weighted by Crippen LogP contribution is 2.23. The maximum absolute atomic E-state index is 12.7. The van der Waals surface area contributed by atoms with Crippen LogP contribution < -0.4 is 10.3 Å². The minimum atomic E-state index is -0.260. The number of carbonyl (C=O) groups excluding carboxylic acids is 1. The number of ether oxygens (including phenoxy) is 1. The highest BCUT2D eigenvalue weighted by atomic mass is 16.5. The van der Waals surface area contributed by atoms with Crippen LogP contribution in [0.25, 0.3) is 0 Å². The van der Waals surface area contributed by atoms with Gasteiger partial charge in [-0.05, 0) is 30.5 Å². The third-order valence-electron chi connectivity index (χ3n) is 4.56. The summed E-state index contributed by atoms with van der Waals surface area (Å²) in [4.78, 5) is 26.4. The smallest absolute Gasteiger partial charge is 0.274 e. The van der Waals surface area contributed by atoms with Crippen molar-refractivity contribution in [1.82, 2.24) is 14.7 Å². The van der Waals surface area contributed by atoms with Crippen LogP contribution >= 0.6 is 0 Å². The molecule has 0 bridgehead atoms. The number of aromatic nitrogens is 2. The fourth-order valence-corrected chi connectivity index (χ4v) is 2.43. The van der Waals surface area contributed by atoms with E-state index in [0.717, 1.165) is 5.75 Å². The molecule has 1 atom stereocenters. The van der Waals surface area contributed by atoms with E-state index in [1.54, 1.807) is 11.9 Å². The SMILES string of the molecule is C[C@@H](N(C)C(=O)c1ccc(=O)n(CCOc2ccccc2)n1)C(C)(C)C. The fraction of sp³-hybridized carbons (Fsp3) is 0.450. The van der Waals surface area contributed by atoms with Gasteiger partial charge in [0.05, 0.1) is 6.54 Å². The Kier molecular flexibility index (Phi) is 6.18. The third kappa shape index (κ3) is 4.94. The lowest BCUT2D eigenvalue weighted by atomic mass is 9.87. The van der Waals surface area contributed by atoms with Crippen LogP contribution in [0.4, 0.5) is 0 Å². The number of nitrogens with zero attached hydrogens (tertiary/aromatic N) is 3. The Morgan fingerprint density at radius 2 is 1.85 bits per heavy atom. The highest BCUT2D eigenvalue weighted by molar-refractivity contribution is 5.92. The Morgan fingerprint density at radius 3 is 2.46 bits per heavy atom. The molecule has 0 unspecified atom stereocenters. The summed E-state index contributed by atoms with van der Waals surface area (Å²) in [6, 6.07) is 12.2. The number of hydrogen-bond donors (Lipinski definition) is 0. The summed E-state index contributed by atoms with van der Waals surface area (Å²) in [5.74, 6) is 0.525. The predicted molar refractivity (Wildman–Crippen MR) is 101 cm³/mol. The summed E-state index contributed by atoms with van der Waals surface area (Å²) in [6.07, 6.45) is 0. The third-order valence-corrected chi connectivity index (χ3v) is 4.56. The summed E-state index contributed by atoms with van der Waals surface area (Å²) in [5, 5.41) is 4.22. The van der Waals surface area contributed by atoms with Gasteiger partial charge < -0.3 is 9.64 Å². The van der Waals surface area contributed by atoms with Gasteiger partial charge in [0.25, 0.3) is 11.5 Å². The summed E-state index contributed by atoms with van der Waals surface area (Å²) < 4.78 is 6.87. The number of rotatable bonds is 6. The zero-order chi connectivity index (χ0) is 19.3. The molecule has 1 aromatic heterocycles. The largest absolute Gasteiger partial charge is 0.492 e. The van der Waals surface area contributed by atoms with E-state index in [2.05, 4.69) is 25.9 Å². The number of carbonyl (C=O) groups is 1. The summed E-state index contributed by atoms with van der Waals surface area (Å²) in [5.41, 5.74) is -0.0600. The van der Waals surface area contributed by atoms with Crippen molar-refractivity contribution in [3.63, 3.8) is 0 Å². The van der Waals surface area contributed by atoms with E-state index in [1.165, 1.54) is 16.8 Å². The van der Waals surface area contributed by atoms with Gasteiger partial charge in [-0.2, -0.15) is 5.10 Å². The average Bonchev–Trinajstić information content (AvgIpc) is 2.61. The van der Waals surface area contributed by atoms with Gasteiger partial charge in [0.2, 0.25) is 0 Å². The molecule has 2 rings (SSSR count). The Balaban J connectivity index is 2.08. The first-order valence-corrected chi connectivity index (χ1v) is 8.73. The molecule has 6 nitrogen and oxygen atoms in total. The van der Waals surface area contributed by atoms with E-state index in [4.69, 9.17) is 4.74 Å². The molecule has 6 heteroatoms. The molecule has 0 N–H and O–H groups in total. The predicted octanol–water partition coefficient (Wildman–Crippen LogP) is 2.83. The Morgan fingerprint density at radius 1 is 1.19 bits per heavy atom. The summed E-state index contributed by atoms with van der Waals surface area (Å²) >= 11 is 0. The monoisotopic (exact) mass is 357 g/mol. The van der Waals surface area contributed by atoms with Crippen LogP contribution in [0, 0.1) is 5.41 Å². The Hall–Kier alpha value is -2.63. The maximum atomic E-state index is 12.7. The summed E-state index contributed by atoms with van der Waals surface area (Å²) in [7, 11) is 1.76. The van der Waals surface area contributed by atoms with Gasteiger partial charge in [-0.1, -0.05) is 39.0 Å². The average molecular weight is 357 g/mol. The van der Waals surface area contributed by atoms with E-state index in [-0.39, 0.29) is 35.2 Å². The molecule has 26 heavy (non-hydrogen) atoms. The summed E-state index contributed by atoms with van der Waals surface area (Å²) in [6.45, 7) is 8.81. The Bertz CT molecular complexity index is 794. The zero-order valence-corrected chi connectivity index (χ0v) is 16.1. The molecule has 0 aliphatic carbocycles. The number of para-hydroxylation sites is 1. The molecule has 1 aromatic carbocycles. The quantitative estimate of drug-likeness (QED) is 0.797. The first-order chi connectivity index (χ1) is 12.2. The van der Waals surface area contributed by atoms with Crippen molar-refractivity contribution >= 4 is 5.91 Å². The molecule has 0 aliphatic heterocycles. The second kappa shape index (κ2) is 8.17. The maximum Gasteiger partial charge on any atom is 0.274 e. The molecule has 0 saturated heterocycles. The van der Waals surface area contributed by atoms with Crippen LogP contribution in [0.1, 0.15) is 38.2 Å². The van der Waals surface area contributed by atoms with Crippen LogP contribution in [0.2, 0.25) is 0 Å². The van der Waals surface area contributed by atoms with Gasteiger partial charge in [0.1, 0.15) is 18.1 Å². The van der Waals surface area contributed by atoms with E-state index < -0.39 is 0 Å². The second-order valence-corrected chi connectivity index (χ2v) is 7.40. The van der Waals surface area contributed by atoms with Crippen molar-refractivity contribution in [3.8, 4) is 5.75 Å². The lowest BCUT2D eigenvalue weighted by molar-refractivity contribution is 0.0620. The number of amides is 1. The molecular weight excluding hydrogens is 330 g/mol. The Labute approximate surface area is 154 Å². The van der Waals surface area contributed by atoms with Crippen molar-refractivity contribution in [2.45, 2.75) is 40.3 Å². The first kappa shape index (κ1) is 19.7. The number of hydrogen-bond acceptors (Lipinski definition) is 4. The van der Waals surface area contributed by atoms with Crippen molar-refractivity contribution < 1.29 is 9.53 Å². The van der Waals surface area contributed by atoms with E-state index in [0.29, 0.717) is 6.61 Å². The number of benzene rings is 1. The van der Waals surface area contributed by atoms with E-state index >= 15 is 0 Å². The van der Waals surface area contributed by atoms with Crippen LogP contribution in [0.15, 0.2) is 47.3 Å². The molecular formula is C20H27N3O3. The topological polar surface area (TPSA) is 64.4 Å². The van der Waals surface area contributed by atoms with Gasteiger partial charge >= 0.3 is 0 Å². The molecule has 0 fully saturated rings. The van der Waals surface area contributed by atoms with Gasteiger partial charge in [0, 0.05) is 19.2 Å². The lowest BCUT2D eigenvalue weighted by Crippen LogP contribution is -2.43. The van der Waals surface area contributed by atoms with Crippen molar-refractivity contribution in [3.05, 3.63) is 58.5 Å². The molecule has 1 amide bonds.